The van der Waals surface area contributed by atoms with Crippen molar-refractivity contribution in [2.75, 3.05) is 24.5 Å². The van der Waals surface area contributed by atoms with Crippen LogP contribution in [0.5, 0.6) is 0 Å². The van der Waals surface area contributed by atoms with E-state index in [-0.39, 0.29) is 18.4 Å². The Balaban J connectivity index is 1.39. The lowest BCUT2D eigenvalue weighted by molar-refractivity contribution is 0.103. The normalized spacial score (nSPS) is 15.8. The van der Waals surface area contributed by atoms with Crippen LogP contribution in [0.15, 0.2) is 91.3 Å². The van der Waals surface area contributed by atoms with Gasteiger partial charge in [0.25, 0.3) is 0 Å². The molecule has 0 radical (unpaired) electrons. The molecule has 1 saturated heterocycles. The molecule has 0 spiro atoms. The molecule has 1 fully saturated rings. The van der Waals surface area contributed by atoms with E-state index >= 15 is 0 Å². The average molecular weight is 451 g/mol. The van der Waals surface area contributed by atoms with E-state index in [1.165, 1.54) is 5.56 Å². The Bertz CT molecular complexity index is 1290. The lowest BCUT2D eigenvalue weighted by Crippen LogP contribution is -2.46. The van der Waals surface area contributed by atoms with E-state index in [1.807, 2.05) is 48.5 Å². The number of aliphatic hydroxyl groups excluding tert-OH is 1. The molecule has 3 heterocycles. The molecule has 6 heteroatoms. The number of hydrogen-bond acceptors (Lipinski definition) is 6. The van der Waals surface area contributed by atoms with Gasteiger partial charge in [0.15, 0.2) is 0 Å². The second-order valence-electron chi connectivity index (χ2n) is 8.35. The molecule has 2 N–H and O–H groups in total. The molecule has 0 saturated carbocycles. The number of hydrogen-bond donors (Lipinski definition) is 2. The first-order chi connectivity index (χ1) is 16.7. The van der Waals surface area contributed by atoms with Gasteiger partial charge < -0.3 is 15.3 Å². The Kier molecular flexibility index (Phi) is 6.42. The van der Waals surface area contributed by atoms with Gasteiger partial charge in [0.2, 0.25) is 5.78 Å². The molecule has 0 amide bonds. The summed E-state index contributed by atoms with van der Waals surface area (Å²) in [5.41, 5.74) is 4.55. The molecular weight excluding hydrogens is 424 g/mol. The van der Waals surface area contributed by atoms with Crippen LogP contribution in [-0.4, -0.2) is 40.5 Å². The molecule has 1 aliphatic rings. The van der Waals surface area contributed by atoms with Crippen molar-refractivity contribution >= 4 is 11.6 Å². The van der Waals surface area contributed by atoms with Crippen LogP contribution in [-0.2, 0) is 6.61 Å². The van der Waals surface area contributed by atoms with Crippen molar-refractivity contribution in [3.63, 3.8) is 0 Å². The highest BCUT2D eigenvalue weighted by molar-refractivity contribution is 6.08. The van der Waals surface area contributed by atoms with Gasteiger partial charge in [-0.15, -0.1) is 0 Å². The van der Waals surface area contributed by atoms with E-state index in [0.717, 1.165) is 42.1 Å². The van der Waals surface area contributed by atoms with Crippen molar-refractivity contribution in [3.8, 4) is 11.1 Å². The highest BCUT2D eigenvalue weighted by Gasteiger charge is 2.22. The van der Waals surface area contributed by atoms with Crippen molar-refractivity contribution in [1.29, 1.82) is 0 Å². The minimum absolute atomic E-state index is 0.0768. The second-order valence-corrected chi connectivity index (χ2v) is 8.35. The Labute approximate surface area is 198 Å². The van der Waals surface area contributed by atoms with E-state index in [4.69, 9.17) is 4.98 Å². The highest BCUT2D eigenvalue weighted by Crippen LogP contribution is 2.25. The van der Waals surface area contributed by atoms with E-state index in [2.05, 4.69) is 39.5 Å². The molecule has 2 aromatic heterocycles. The van der Waals surface area contributed by atoms with E-state index in [0.29, 0.717) is 11.3 Å². The zero-order chi connectivity index (χ0) is 23.3. The zero-order valence-electron chi connectivity index (χ0n) is 18.8. The number of aromatic nitrogens is 2. The summed E-state index contributed by atoms with van der Waals surface area (Å²) >= 11 is 0. The molecule has 1 atom stereocenters. The number of ketones is 1. The monoisotopic (exact) mass is 450 g/mol. The fourth-order valence-corrected chi connectivity index (χ4v) is 4.39. The van der Waals surface area contributed by atoms with E-state index in [1.54, 1.807) is 18.5 Å². The molecule has 6 nitrogen and oxygen atoms in total. The molecule has 170 valence electrons. The van der Waals surface area contributed by atoms with Gasteiger partial charge in [0.1, 0.15) is 11.5 Å². The van der Waals surface area contributed by atoms with Gasteiger partial charge in [-0.25, -0.2) is 4.98 Å². The number of aliphatic hydroxyl groups is 1. The molecule has 0 bridgehead atoms. The maximum Gasteiger partial charge on any atom is 0.212 e. The van der Waals surface area contributed by atoms with Crippen LogP contribution < -0.4 is 10.2 Å². The van der Waals surface area contributed by atoms with Crippen LogP contribution in [0, 0.1) is 0 Å². The number of nitrogens with zero attached hydrogens (tertiary/aromatic N) is 3. The number of carbonyl (C=O) groups excluding carboxylic acids is 1. The van der Waals surface area contributed by atoms with E-state index in [9.17, 15) is 9.90 Å². The minimum Gasteiger partial charge on any atom is -0.392 e. The molecule has 1 unspecified atom stereocenters. The molecular formula is C28H26N4O2. The van der Waals surface area contributed by atoms with Crippen molar-refractivity contribution in [3.05, 3.63) is 114 Å². The summed E-state index contributed by atoms with van der Waals surface area (Å²) in [6.07, 6.45) is 3.28. The van der Waals surface area contributed by atoms with Crippen LogP contribution in [0.3, 0.4) is 0 Å². The summed E-state index contributed by atoms with van der Waals surface area (Å²) < 4.78 is 0. The zero-order valence-corrected chi connectivity index (χ0v) is 18.8. The number of piperazine rings is 1. The Morgan fingerprint density at radius 2 is 1.82 bits per heavy atom. The first-order valence-electron chi connectivity index (χ1n) is 11.4. The van der Waals surface area contributed by atoms with Crippen LogP contribution in [0.4, 0.5) is 5.82 Å². The number of carbonyl (C=O) groups is 1. The first kappa shape index (κ1) is 21.9. The summed E-state index contributed by atoms with van der Waals surface area (Å²) in [5.74, 6) is 0.621. The summed E-state index contributed by atoms with van der Waals surface area (Å²) in [5, 5.41) is 13.2. The fourth-order valence-electron chi connectivity index (χ4n) is 4.39. The third-order valence-electron chi connectivity index (χ3n) is 6.17. The molecule has 2 aromatic carbocycles. The largest absolute Gasteiger partial charge is 0.392 e. The summed E-state index contributed by atoms with van der Waals surface area (Å²) in [6, 6.07) is 25.6. The number of anilines is 1. The number of benzene rings is 2. The van der Waals surface area contributed by atoms with Crippen molar-refractivity contribution in [1.82, 2.24) is 15.3 Å². The van der Waals surface area contributed by atoms with Crippen LogP contribution >= 0.6 is 0 Å². The topological polar surface area (TPSA) is 78.3 Å². The Hall–Kier alpha value is -3.87. The minimum atomic E-state index is -0.174. The van der Waals surface area contributed by atoms with Crippen molar-refractivity contribution in [2.24, 2.45) is 0 Å². The number of rotatable bonds is 6. The summed E-state index contributed by atoms with van der Waals surface area (Å²) in [4.78, 5) is 24.5. The maximum absolute atomic E-state index is 13.3. The third-order valence-corrected chi connectivity index (χ3v) is 6.17. The predicted octanol–water partition coefficient (Wildman–Crippen LogP) is 4.02. The molecule has 4 aromatic rings. The summed E-state index contributed by atoms with van der Waals surface area (Å²) in [7, 11) is 0. The fraction of sp³-hybridized carbons (Fsp3) is 0.179. The summed E-state index contributed by atoms with van der Waals surface area (Å²) in [6.45, 7) is 2.37. The first-order valence-corrected chi connectivity index (χ1v) is 11.4. The second kappa shape index (κ2) is 9.95. The maximum atomic E-state index is 13.3. The SMILES string of the molecule is O=C(c1cncc(-c2ccccc2CO)c1)c1cccc(N2CCNC(c3ccccc3)C2)n1. The van der Waals surface area contributed by atoms with Crippen LogP contribution in [0.2, 0.25) is 0 Å². The number of pyridine rings is 2. The highest BCUT2D eigenvalue weighted by atomic mass is 16.3. The van der Waals surface area contributed by atoms with Gasteiger partial charge in [-0.2, -0.15) is 0 Å². The van der Waals surface area contributed by atoms with Gasteiger partial charge in [0.05, 0.1) is 6.61 Å². The lowest BCUT2D eigenvalue weighted by atomic mass is 9.99. The lowest BCUT2D eigenvalue weighted by Gasteiger charge is -2.35. The number of nitrogens with one attached hydrogen (secondary N) is 1. The van der Waals surface area contributed by atoms with Crippen LogP contribution in [0.1, 0.15) is 33.2 Å². The van der Waals surface area contributed by atoms with Crippen molar-refractivity contribution < 1.29 is 9.90 Å². The molecule has 1 aliphatic heterocycles. The van der Waals surface area contributed by atoms with E-state index < -0.39 is 0 Å². The van der Waals surface area contributed by atoms with Gasteiger partial charge in [-0.3, -0.25) is 9.78 Å². The molecule has 34 heavy (non-hydrogen) atoms. The standard InChI is InChI=1S/C28H26N4O2/c33-19-21-9-4-5-10-24(21)22-15-23(17-29-16-22)28(34)25-11-6-12-27(31-25)32-14-13-30-26(18-32)20-7-2-1-3-8-20/h1-12,15-17,26,30,33H,13-14,18-19H2. The van der Waals surface area contributed by atoms with Crippen molar-refractivity contribution in [2.45, 2.75) is 12.6 Å². The smallest absolute Gasteiger partial charge is 0.212 e. The van der Waals surface area contributed by atoms with Crippen LogP contribution in [0.25, 0.3) is 11.1 Å². The van der Waals surface area contributed by atoms with Gasteiger partial charge in [-0.1, -0.05) is 60.7 Å². The van der Waals surface area contributed by atoms with Gasteiger partial charge in [0, 0.05) is 49.2 Å². The quantitative estimate of drug-likeness (QED) is 0.432. The molecule has 5 rings (SSSR count). The third kappa shape index (κ3) is 4.59. The Morgan fingerprint density at radius 1 is 1.00 bits per heavy atom. The predicted molar refractivity (Wildman–Crippen MR) is 133 cm³/mol. The Morgan fingerprint density at radius 3 is 2.68 bits per heavy atom. The average Bonchev–Trinajstić information content (AvgIpc) is 2.93. The van der Waals surface area contributed by atoms with Gasteiger partial charge in [-0.05, 0) is 34.9 Å². The van der Waals surface area contributed by atoms with Gasteiger partial charge >= 0.3 is 0 Å². The molecule has 0 aliphatic carbocycles.